The summed E-state index contributed by atoms with van der Waals surface area (Å²) < 4.78 is 14.0. The van der Waals surface area contributed by atoms with E-state index in [1.165, 1.54) is 6.07 Å². The van der Waals surface area contributed by atoms with Crippen molar-refractivity contribution < 1.29 is 9.18 Å². The van der Waals surface area contributed by atoms with Crippen molar-refractivity contribution in [2.45, 2.75) is 26.3 Å². The normalized spacial score (nSPS) is 17.6. The summed E-state index contributed by atoms with van der Waals surface area (Å²) >= 11 is 0. The van der Waals surface area contributed by atoms with Crippen LogP contribution in [-0.4, -0.2) is 72.4 Å². The topological polar surface area (TPSA) is 42.6 Å². The molecule has 0 radical (unpaired) electrons. The van der Waals surface area contributed by atoms with Crippen LogP contribution in [0.2, 0.25) is 0 Å². The molecule has 2 aromatic rings. The van der Waals surface area contributed by atoms with E-state index in [9.17, 15) is 9.18 Å². The van der Waals surface area contributed by atoms with Crippen LogP contribution in [0, 0.1) is 18.7 Å². The molecule has 0 spiro atoms. The number of H-pyrrole nitrogens is 1. The molecule has 1 amide bonds. The number of amides is 1. The van der Waals surface area contributed by atoms with E-state index < -0.39 is 0 Å². The van der Waals surface area contributed by atoms with Gasteiger partial charge in [-0.25, -0.2) is 4.39 Å². The number of nitrogens with one attached hydrogen (secondary N) is 1. The first kappa shape index (κ1) is 21.5. The first-order chi connectivity index (χ1) is 13.9. The summed E-state index contributed by atoms with van der Waals surface area (Å²) in [6.45, 7) is 6.73. The van der Waals surface area contributed by atoms with Crippen molar-refractivity contribution >= 4 is 5.91 Å². The predicted molar refractivity (Wildman–Crippen MR) is 114 cm³/mol. The number of benzene rings is 1. The Hall–Kier alpha value is -2.18. The summed E-state index contributed by atoms with van der Waals surface area (Å²) in [5, 5.41) is 0. The molecule has 1 aromatic heterocycles. The fraction of sp³-hybridized carbons (Fsp3) is 0.522. The number of halogens is 1. The molecule has 1 saturated heterocycles. The second-order valence-electron chi connectivity index (χ2n) is 8.41. The van der Waals surface area contributed by atoms with Crippen molar-refractivity contribution in [1.29, 1.82) is 0 Å². The Balaban J connectivity index is 1.65. The predicted octanol–water partition coefficient (Wildman–Crippen LogP) is 3.38. The van der Waals surface area contributed by atoms with Crippen LogP contribution in [-0.2, 0) is 6.54 Å². The van der Waals surface area contributed by atoms with Crippen LogP contribution < -0.4 is 0 Å². The van der Waals surface area contributed by atoms with Gasteiger partial charge in [0.05, 0.1) is 5.56 Å². The maximum Gasteiger partial charge on any atom is 0.255 e. The maximum absolute atomic E-state index is 14.0. The highest BCUT2D eigenvalue weighted by atomic mass is 19.1. The zero-order valence-electron chi connectivity index (χ0n) is 17.8. The van der Waals surface area contributed by atoms with Gasteiger partial charge in [-0.1, -0.05) is 18.2 Å². The number of aromatic amines is 1. The number of likely N-dealkylation sites (tertiary alicyclic amines) is 1. The number of nitrogens with zero attached hydrogens (tertiary/aromatic N) is 3. The number of carbonyl (C=O) groups excluding carboxylic acids is 1. The van der Waals surface area contributed by atoms with Crippen LogP contribution in [0.15, 0.2) is 36.5 Å². The average Bonchev–Trinajstić information content (AvgIpc) is 3.12. The van der Waals surface area contributed by atoms with Gasteiger partial charge < -0.3 is 14.8 Å². The molecule has 1 fully saturated rings. The average molecular weight is 401 g/mol. The van der Waals surface area contributed by atoms with E-state index in [1.54, 1.807) is 6.07 Å². The van der Waals surface area contributed by atoms with Gasteiger partial charge in [0.2, 0.25) is 0 Å². The molecule has 6 heteroatoms. The highest BCUT2D eigenvalue weighted by molar-refractivity contribution is 5.95. The smallest absolute Gasteiger partial charge is 0.255 e. The molecule has 2 heterocycles. The lowest BCUT2D eigenvalue weighted by Crippen LogP contribution is -2.44. The molecular weight excluding hydrogens is 367 g/mol. The number of piperidine rings is 1. The summed E-state index contributed by atoms with van der Waals surface area (Å²) in [7, 11) is 4.06. The summed E-state index contributed by atoms with van der Waals surface area (Å²) in [6, 6.07) is 8.87. The third kappa shape index (κ3) is 5.90. The minimum absolute atomic E-state index is 0.0943. The number of hydrogen-bond acceptors (Lipinski definition) is 3. The lowest BCUT2D eigenvalue weighted by atomic mass is 9.96. The van der Waals surface area contributed by atoms with E-state index in [4.69, 9.17) is 0 Å². The zero-order valence-corrected chi connectivity index (χ0v) is 17.8. The maximum atomic E-state index is 14.0. The van der Waals surface area contributed by atoms with Crippen LogP contribution >= 0.6 is 0 Å². The van der Waals surface area contributed by atoms with Crippen LogP contribution in [0.25, 0.3) is 0 Å². The van der Waals surface area contributed by atoms with Crippen LogP contribution in [0.1, 0.15) is 34.5 Å². The largest absolute Gasteiger partial charge is 0.365 e. The van der Waals surface area contributed by atoms with Crippen molar-refractivity contribution in [2.75, 3.05) is 46.8 Å². The third-order valence-corrected chi connectivity index (χ3v) is 5.72. The molecule has 29 heavy (non-hydrogen) atoms. The number of hydrogen-bond donors (Lipinski definition) is 1. The molecule has 158 valence electrons. The summed E-state index contributed by atoms with van der Waals surface area (Å²) in [6.07, 6.45) is 4.01. The second-order valence-corrected chi connectivity index (χ2v) is 8.41. The van der Waals surface area contributed by atoms with E-state index in [1.807, 2.05) is 50.3 Å². The van der Waals surface area contributed by atoms with Crippen molar-refractivity contribution in [3.8, 4) is 0 Å². The molecule has 0 unspecified atom stereocenters. The summed E-state index contributed by atoms with van der Waals surface area (Å²) in [4.78, 5) is 22.7. The Bertz CT molecular complexity index is 804. The molecular formula is C23H33FN4O. The lowest BCUT2D eigenvalue weighted by molar-refractivity contribution is 0.0659. The quantitative estimate of drug-likeness (QED) is 0.739. The molecule has 0 aliphatic carbocycles. The van der Waals surface area contributed by atoms with Crippen molar-refractivity contribution in [1.82, 2.24) is 19.7 Å². The van der Waals surface area contributed by atoms with E-state index >= 15 is 0 Å². The number of aryl methyl sites for hydroxylation is 1. The minimum Gasteiger partial charge on any atom is -0.365 e. The van der Waals surface area contributed by atoms with E-state index in [0.29, 0.717) is 19.0 Å². The monoisotopic (exact) mass is 400 g/mol. The highest BCUT2D eigenvalue weighted by Gasteiger charge is 2.26. The molecule has 0 saturated carbocycles. The van der Waals surface area contributed by atoms with E-state index in [2.05, 4.69) is 14.8 Å². The van der Waals surface area contributed by atoms with Crippen molar-refractivity contribution in [3.05, 3.63) is 59.2 Å². The zero-order chi connectivity index (χ0) is 20.8. The summed E-state index contributed by atoms with van der Waals surface area (Å²) in [5.41, 5.74) is 2.41. The fourth-order valence-electron chi connectivity index (χ4n) is 4.07. The first-order valence-corrected chi connectivity index (χ1v) is 10.5. The Morgan fingerprint density at radius 1 is 1.24 bits per heavy atom. The Labute approximate surface area is 173 Å². The van der Waals surface area contributed by atoms with Crippen LogP contribution in [0.5, 0.6) is 0 Å². The SMILES string of the molecule is Cc1[nH]ccc1C(=O)N(CCN(C)C)C[C@H]1CCCN(Cc2ccccc2F)C1. The Morgan fingerprint density at radius 2 is 2.03 bits per heavy atom. The van der Waals surface area contributed by atoms with Crippen molar-refractivity contribution in [2.24, 2.45) is 5.92 Å². The standard InChI is InChI=1S/C23H33FN4O/c1-18-21(10-11-25-18)23(29)28(14-13-26(2)3)16-19-7-6-12-27(15-19)17-20-8-4-5-9-22(20)24/h4-5,8-11,19,25H,6-7,12-17H2,1-3H3/t19-/m0/s1. The molecule has 1 aliphatic rings. The first-order valence-electron chi connectivity index (χ1n) is 10.5. The van der Waals surface area contributed by atoms with Gasteiger partial charge in [-0.05, 0) is 58.5 Å². The molecule has 1 N–H and O–H groups in total. The molecule has 0 bridgehead atoms. The second kappa shape index (κ2) is 10.0. The fourth-order valence-corrected chi connectivity index (χ4v) is 4.07. The minimum atomic E-state index is -0.139. The van der Waals surface area contributed by atoms with Crippen molar-refractivity contribution in [3.63, 3.8) is 0 Å². The Kier molecular flexibility index (Phi) is 7.45. The number of aromatic nitrogens is 1. The van der Waals surface area contributed by atoms with Gasteiger partial charge >= 0.3 is 0 Å². The molecule has 1 atom stereocenters. The molecule has 1 aliphatic heterocycles. The summed E-state index contributed by atoms with van der Waals surface area (Å²) in [5.74, 6) is 0.359. The van der Waals surface area contributed by atoms with Gasteiger partial charge in [0.15, 0.2) is 0 Å². The van der Waals surface area contributed by atoms with Crippen LogP contribution in [0.3, 0.4) is 0 Å². The van der Waals surface area contributed by atoms with Gasteiger partial charge in [-0.15, -0.1) is 0 Å². The highest BCUT2D eigenvalue weighted by Crippen LogP contribution is 2.22. The van der Waals surface area contributed by atoms with E-state index in [-0.39, 0.29) is 11.7 Å². The molecule has 3 rings (SSSR count). The van der Waals surface area contributed by atoms with Crippen LogP contribution in [0.4, 0.5) is 4.39 Å². The van der Waals surface area contributed by atoms with Gasteiger partial charge in [0, 0.05) is 50.2 Å². The van der Waals surface area contributed by atoms with Gasteiger partial charge in [0.1, 0.15) is 5.82 Å². The van der Waals surface area contributed by atoms with E-state index in [0.717, 1.165) is 55.8 Å². The molecule has 5 nitrogen and oxygen atoms in total. The number of likely N-dealkylation sites (N-methyl/N-ethyl adjacent to an activating group) is 1. The van der Waals surface area contributed by atoms with Gasteiger partial charge in [-0.2, -0.15) is 0 Å². The Morgan fingerprint density at radius 3 is 2.72 bits per heavy atom. The number of rotatable bonds is 8. The number of carbonyl (C=O) groups is 1. The van der Waals surface area contributed by atoms with Gasteiger partial charge in [0.25, 0.3) is 5.91 Å². The van der Waals surface area contributed by atoms with Gasteiger partial charge in [-0.3, -0.25) is 9.69 Å². The third-order valence-electron chi connectivity index (χ3n) is 5.72. The lowest BCUT2D eigenvalue weighted by Gasteiger charge is -2.36. The molecule has 1 aromatic carbocycles.